The van der Waals surface area contributed by atoms with E-state index in [-0.39, 0.29) is 12.6 Å². The minimum Gasteiger partial charge on any atom is -0.394 e. The number of hydrogen-bond donors (Lipinski definition) is 2. The number of morpholine rings is 1. The molecule has 0 bridgehead atoms. The fraction of sp³-hybridized carbons (Fsp3) is 0.467. The molecule has 1 aromatic heterocycles. The van der Waals surface area contributed by atoms with E-state index in [0.717, 1.165) is 37.5 Å². The molecule has 1 fully saturated rings. The Morgan fingerprint density at radius 1 is 1.32 bits per heavy atom. The number of aromatic nitrogens is 1. The molecule has 1 aromatic carbocycles. The quantitative estimate of drug-likeness (QED) is 0.885. The van der Waals surface area contributed by atoms with E-state index in [1.54, 1.807) is 0 Å². The fourth-order valence-corrected chi connectivity index (χ4v) is 3.01. The van der Waals surface area contributed by atoms with Crippen LogP contribution in [0.5, 0.6) is 0 Å². The van der Waals surface area contributed by atoms with Crippen molar-refractivity contribution in [2.24, 2.45) is 0 Å². The predicted molar refractivity (Wildman–Crippen MR) is 75.3 cm³/mol. The Morgan fingerprint density at radius 3 is 2.79 bits per heavy atom. The predicted octanol–water partition coefficient (Wildman–Crippen LogP) is 1.84. The molecule has 0 spiro atoms. The lowest BCUT2D eigenvalue weighted by molar-refractivity contribution is 0.00279. The molecule has 3 rings (SSSR count). The SMILES string of the molecule is Cc1[nH]c2ccccc2c1C(CO)N1CCOCC1. The molecule has 2 aromatic rings. The van der Waals surface area contributed by atoms with Crippen molar-refractivity contribution in [3.8, 4) is 0 Å². The van der Waals surface area contributed by atoms with Crippen molar-refractivity contribution in [2.45, 2.75) is 13.0 Å². The third-order valence-electron chi connectivity index (χ3n) is 3.94. The summed E-state index contributed by atoms with van der Waals surface area (Å²) in [6.07, 6.45) is 0. The van der Waals surface area contributed by atoms with Crippen LogP contribution in [0.15, 0.2) is 24.3 Å². The van der Waals surface area contributed by atoms with Gasteiger partial charge in [0.15, 0.2) is 0 Å². The molecule has 1 aliphatic rings. The molecular formula is C15H20N2O2. The molecule has 1 aliphatic heterocycles. The summed E-state index contributed by atoms with van der Waals surface area (Å²) in [5.74, 6) is 0. The first kappa shape index (κ1) is 12.7. The highest BCUT2D eigenvalue weighted by Gasteiger charge is 2.25. The van der Waals surface area contributed by atoms with E-state index in [0.29, 0.717) is 0 Å². The number of ether oxygens (including phenoxy) is 1. The Kier molecular flexibility index (Phi) is 3.55. The number of nitrogens with zero attached hydrogens (tertiary/aromatic N) is 1. The van der Waals surface area contributed by atoms with Crippen LogP contribution >= 0.6 is 0 Å². The molecule has 0 radical (unpaired) electrons. The van der Waals surface area contributed by atoms with Gasteiger partial charge in [-0.2, -0.15) is 0 Å². The first-order valence-corrected chi connectivity index (χ1v) is 6.81. The number of H-pyrrole nitrogens is 1. The molecule has 102 valence electrons. The zero-order valence-corrected chi connectivity index (χ0v) is 11.2. The number of aryl methyl sites for hydroxylation is 1. The Bertz CT molecular complexity index is 558. The zero-order chi connectivity index (χ0) is 13.2. The van der Waals surface area contributed by atoms with E-state index < -0.39 is 0 Å². The van der Waals surface area contributed by atoms with Crippen LogP contribution in [0.4, 0.5) is 0 Å². The number of rotatable bonds is 3. The molecule has 4 heteroatoms. The van der Waals surface area contributed by atoms with Crippen LogP contribution in [-0.2, 0) is 4.74 Å². The van der Waals surface area contributed by atoms with Gasteiger partial charge in [-0.25, -0.2) is 0 Å². The second-order valence-corrected chi connectivity index (χ2v) is 5.06. The van der Waals surface area contributed by atoms with Gasteiger partial charge < -0.3 is 14.8 Å². The van der Waals surface area contributed by atoms with Crippen LogP contribution in [-0.4, -0.2) is 47.9 Å². The maximum Gasteiger partial charge on any atom is 0.0629 e. The normalized spacial score (nSPS) is 18.8. The topological polar surface area (TPSA) is 48.5 Å². The van der Waals surface area contributed by atoms with E-state index in [1.165, 1.54) is 10.9 Å². The van der Waals surface area contributed by atoms with Gasteiger partial charge in [0.25, 0.3) is 0 Å². The molecule has 1 saturated heterocycles. The number of hydrogen-bond acceptors (Lipinski definition) is 3. The Labute approximate surface area is 113 Å². The van der Waals surface area contributed by atoms with E-state index in [2.05, 4.69) is 28.9 Å². The number of nitrogens with one attached hydrogen (secondary N) is 1. The highest BCUT2D eigenvalue weighted by molar-refractivity contribution is 5.85. The number of aliphatic hydroxyl groups excluding tert-OH is 1. The third kappa shape index (κ3) is 2.27. The van der Waals surface area contributed by atoms with Crippen LogP contribution in [0.1, 0.15) is 17.3 Å². The second-order valence-electron chi connectivity index (χ2n) is 5.06. The van der Waals surface area contributed by atoms with Crippen LogP contribution < -0.4 is 0 Å². The first-order chi connectivity index (χ1) is 9.31. The van der Waals surface area contributed by atoms with Gasteiger partial charge in [0.1, 0.15) is 0 Å². The summed E-state index contributed by atoms with van der Waals surface area (Å²) >= 11 is 0. The third-order valence-corrected chi connectivity index (χ3v) is 3.94. The lowest BCUT2D eigenvalue weighted by Gasteiger charge is -2.33. The highest BCUT2D eigenvalue weighted by atomic mass is 16.5. The van der Waals surface area contributed by atoms with Crippen LogP contribution in [0, 0.1) is 6.92 Å². The standard InChI is InChI=1S/C15H20N2O2/c1-11-15(12-4-2-3-5-13(12)16-11)14(10-18)17-6-8-19-9-7-17/h2-5,14,16,18H,6-10H2,1H3. The highest BCUT2D eigenvalue weighted by Crippen LogP contribution is 2.31. The Hall–Kier alpha value is -1.36. The number of aromatic amines is 1. The Balaban J connectivity index is 2.02. The largest absolute Gasteiger partial charge is 0.394 e. The van der Waals surface area contributed by atoms with Crippen molar-refractivity contribution in [2.75, 3.05) is 32.9 Å². The van der Waals surface area contributed by atoms with Crippen LogP contribution in [0.2, 0.25) is 0 Å². The van der Waals surface area contributed by atoms with Crippen LogP contribution in [0.3, 0.4) is 0 Å². The van der Waals surface area contributed by atoms with Gasteiger partial charge in [0, 0.05) is 29.7 Å². The fourth-order valence-electron chi connectivity index (χ4n) is 3.01. The summed E-state index contributed by atoms with van der Waals surface area (Å²) in [5, 5.41) is 11.1. The second kappa shape index (κ2) is 5.33. The summed E-state index contributed by atoms with van der Waals surface area (Å²) in [6, 6.07) is 8.34. The van der Waals surface area contributed by atoms with Crippen molar-refractivity contribution in [1.29, 1.82) is 0 Å². The lowest BCUT2D eigenvalue weighted by Crippen LogP contribution is -2.40. The van der Waals surface area contributed by atoms with Gasteiger partial charge in [-0.3, -0.25) is 4.90 Å². The van der Waals surface area contributed by atoms with Crippen molar-refractivity contribution in [3.63, 3.8) is 0 Å². The maximum absolute atomic E-state index is 9.84. The molecule has 2 heterocycles. The van der Waals surface area contributed by atoms with E-state index >= 15 is 0 Å². The zero-order valence-electron chi connectivity index (χ0n) is 11.2. The van der Waals surface area contributed by atoms with Crippen LogP contribution in [0.25, 0.3) is 10.9 Å². The number of fused-ring (bicyclic) bond motifs is 1. The average molecular weight is 260 g/mol. The molecule has 1 unspecified atom stereocenters. The van der Waals surface area contributed by atoms with Crippen molar-refractivity contribution >= 4 is 10.9 Å². The summed E-state index contributed by atoms with van der Waals surface area (Å²) < 4.78 is 5.40. The summed E-state index contributed by atoms with van der Waals surface area (Å²) in [5.41, 5.74) is 3.51. The molecule has 0 saturated carbocycles. The van der Waals surface area contributed by atoms with Gasteiger partial charge >= 0.3 is 0 Å². The number of aliphatic hydroxyl groups is 1. The molecule has 4 nitrogen and oxygen atoms in total. The molecular weight excluding hydrogens is 240 g/mol. The number of para-hydroxylation sites is 1. The van der Waals surface area contributed by atoms with E-state index in [9.17, 15) is 5.11 Å². The summed E-state index contributed by atoms with van der Waals surface area (Å²) in [7, 11) is 0. The van der Waals surface area contributed by atoms with Crippen molar-refractivity contribution < 1.29 is 9.84 Å². The molecule has 0 amide bonds. The van der Waals surface area contributed by atoms with Gasteiger partial charge in [-0.05, 0) is 18.6 Å². The average Bonchev–Trinajstić information content (AvgIpc) is 2.78. The van der Waals surface area contributed by atoms with Crippen molar-refractivity contribution in [1.82, 2.24) is 9.88 Å². The minimum absolute atomic E-state index is 0.0556. The lowest BCUT2D eigenvalue weighted by atomic mass is 10.0. The smallest absolute Gasteiger partial charge is 0.0629 e. The van der Waals surface area contributed by atoms with E-state index in [1.807, 2.05) is 12.1 Å². The Morgan fingerprint density at radius 2 is 2.05 bits per heavy atom. The summed E-state index contributed by atoms with van der Waals surface area (Å²) in [6.45, 7) is 5.48. The molecule has 0 aliphatic carbocycles. The number of benzene rings is 1. The summed E-state index contributed by atoms with van der Waals surface area (Å²) in [4.78, 5) is 5.72. The monoisotopic (exact) mass is 260 g/mol. The van der Waals surface area contributed by atoms with E-state index in [4.69, 9.17) is 4.74 Å². The minimum atomic E-state index is 0.0556. The van der Waals surface area contributed by atoms with Gasteiger partial charge in [0.2, 0.25) is 0 Å². The van der Waals surface area contributed by atoms with Gasteiger partial charge in [-0.1, -0.05) is 18.2 Å². The molecule has 19 heavy (non-hydrogen) atoms. The van der Waals surface area contributed by atoms with Gasteiger partial charge in [0.05, 0.1) is 25.9 Å². The van der Waals surface area contributed by atoms with Gasteiger partial charge in [-0.15, -0.1) is 0 Å². The molecule has 1 atom stereocenters. The first-order valence-electron chi connectivity index (χ1n) is 6.81. The molecule has 2 N–H and O–H groups in total. The van der Waals surface area contributed by atoms with Crippen molar-refractivity contribution in [3.05, 3.63) is 35.5 Å². The maximum atomic E-state index is 9.84.